The van der Waals surface area contributed by atoms with Crippen LogP contribution in [0.25, 0.3) is 11.1 Å². The molecular weight excluding hydrogens is 449 g/mol. The molecule has 2 aromatic carbocycles. The number of anilines is 1. The maximum absolute atomic E-state index is 13.3. The van der Waals surface area contributed by atoms with Crippen LogP contribution in [0.5, 0.6) is 0 Å². The molecule has 4 rings (SSSR count). The van der Waals surface area contributed by atoms with Gasteiger partial charge in [0, 0.05) is 42.1 Å². The number of para-hydroxylation sites is 1. The van der Waals surface area contributed by atoms with E-state index in [1.807, 2.05) is 48.2 Å². The van der Waals surface area contributed by atoms with Crippen molar-refractivity contribution in [1.82, 2.24) is 9.88 Å². The van der Waals surface area contributed by atoms with E-state index in [-0.39, 0.29) is 23.5 Å². The zero-order valence-electron chi connectivity index (χ0n) is 19.2. The SMILES string of the molecule is CC=CCCC(=O)N1CCC(c2nc(C(=O)Nc3ccccc3-c3ccc(F)cc3)cs2)CC1. The molecule has 1 saturated heterocycles. The van der Waals surface area contributed by atoms with Crippen molar-refractivity contribution in [3.05, 3.63) is 82.6 Å². The van der Waals surface area contributed by atoms with Crippen LogP contribution in [-0.4, -0.2) is 34.8 Å². The maximum atomic E-state index is 13.3. The number of rotatable bonds is 7. The number of hydrogen-bond acceptors (Lipinski definition) is 4. The summed E-state index contributed by atoms with van der Waals surface area (Å²) in [6.45, 7) is 3.42. The molecule has 34 heavy (non-hydrogen) atoms. The summed E-state index contributed by atoms with van der Waals surface area (Å²) in [5, 5.41) is 5.69. The van der Waals surface area contributed by atoms with Gasteiger partial charge >= 0.3 is 0 Å². The molecule has 0 saturated carbocycles. The van der Waals surface area contributed by atoms with Gasteiger partial charge in [0.15, 0.2) is 0 Å². The lowest BCUT2D eigenvalue weighted by Crippen LogP contribution is -2.37. The molecule has 0 atom stereocenters. The lowest BCUT2D eigenvalue weighted by Gasteiger charge is -2.31. The summed E-state index contributed by atoms with van der Waals surface area (Å²) in [5.41, 5.74) is 2.68. The Kier molecular flexibility index (Phi) is 7.85. The van der Waals surface area contributed by atoms with Crippen molar-refractivity contribution in [2.24, 2.45) is 0 Å². The van der Waals surface area contributed by atoms with E-state index in [0.717, 1.165) is 48.5 Å². The summed E-state index contributed by atoms with van der Waals surface area (Å²) < 4.78 is 13.3. The molecule has 0 unspecified atom stereocenters. The van der Waals surface area contributed by atoms with Gasteiger partial charge in [0.1, 0.15) is 11.5 Å². The molecule has 1 aliphatic heterocycles. The highest BCUT2D eigenvalue weighted by atomic mass is 32.1. The average molecular weight is 478 g/mol. The fraction of sp³-hybridized carbons (Fsp3) is 0.296. The Labute approximate surface area is 203 Å². The van der Waals surface area contributed by atoms with E-state index in [2.05, 4.69) is 10.3 Å². The monoisotopic (exact) mass is 477 g/mol. The standard InChI is InChI=1S/C27H28FN3O2S/c1-2-3-4-9-25(32)31-16-14-20(15-17-31)27-30-24(18-34-27)26(33)29-23-8-6-5-7-22(23)19-10-12-21(28)13-11-19/h2-3,5-8,10-13,18,20H,4,9,14-17H2,1H3,(H,29,33). The zero-order chi connectivity index (χ0) is 23.9. The maximum Gasteiger partial charge on any atom is 0.275 e. The van der Waals surface area contributed by atoms with Crippen LogP contribution in [0.15, 0.2) is 66.1 Å². The minimum absolute atomic E-state index is 0.204. The number of thiazole rings is 1. The first kappa shape index (κ1) is 23.8. The number of piperidine rings is 1. The molecular formula is C27H28FN3O2S. The largest absolute Gasteiger partial charge is 0.343 e. The summed E-state index contributed by atoms with van der Waals surface area (Å²) in [6.07, 6.45) is 7.04. The van der Waals surface area contributed by atoms with E-state index in [1.54, 1.807) is 17.5 Å². The lowest BCUT2D eigenvalue weighted by atomic mass is 9.97. The van der Waals surface area contributed by atoms with Crippen molar-refractivity contribution < 1.29 is 14.0 Å². The highest BCUT2D eigenvalue weighted by molar-refractivity contribution is 7.10. The topological polar surface area (TPSA) is 62.3 Å². The molecule has 1 aliphatic rings. The van der Waals surface area contributed by atoms with Gasteiger partial charge in [0.25, 0.3) is 5.91 Å². The van der Waals surface area contributed by atoms with Crippen LogP contribution < -0.4 is 5.32 Å². The van der Waals surface area contributed by atoms with E-state index in [4.69, 9.17) is 0 Å². The van der Waals surface area contributed by atoms with E-state index in [9.17, 15) is 14.0 Å². The predicted molar refractivity (Wildman–Crippen MR) is 135 cm³/mol. The smallest absolute Gasteiger partial charge is 0.275 e. The van der Waals surface area contributed by atoms with Crippen LogP contribution in [0.1, 0.15) is 54.0 Å². The number of aromatic nitrogens is 1. The number of nitrogens with one attached hydrogen (secondary N) is 1. The molecule has 1 N–H and O–H groups in total. The van der Waals surface area contributed by atoms with Crippen molar-refractivity contribution in [1.29, 1.82) is 0 Å². The number of carbonyl (C=O) groups is 2. The van der Waals surface area contributed by atoms with Gasteiger partial charge in [-0.15, -0.1) is 11.3 Å². The molecule has 0 spiro atoms. The van der Waals surface area contributed by atoms with Gasteiger partial charge in [0.2, 0.25) is 5.91 Å². The fourth-order valence-electron chi connectivity index (χ4n) is 4.15. The van der Waals surface area contributed by atoms with Crippen molar-refractivity contribution in [2.75, 3.05) is 18.4 Å². The Hall–Kier alpha value is -3.32. The first-order chi connectivity index (χ1) is 16.5. The van der Waals surface area contributed by atoms with E-state index in [0.29, 0.717) is 17.8 Å². The number of likely N-dealkylation sites (tertiary alicyclic amines) is 1. The van der Waals surface area contributed by atoms with Crippen LogP contribution in [0.2, 0.25) is 0 Å². The molecule has 0 bridgehead atoms. The van der Waals surface area contributed by atoms with Gasteiger partial charge in [0.05, 0.1) is 5.01 Å². The Morgan fingerprint density at radius 1 is 1.15 bits per heavy atom. The average Bonchev–Trinajstić information content (AvgIpc) is 3.36. The third-order valence-corrected chi connectivity index (χ3v) is 7.05. The first-order valence-electron chi connectivity index (χ1n) is 11.6. The molecule has 0 radical (unpaired) electrons. The van der Waals surface area contributed by atoms with Gasteiger partial charge in [-0.25, -0.2) is 9.37 Å². The Balaban J connectivity index is 1.38. The van der Waals surface area contributed by atoms with Gasteiger partial charge in [-0.1, -0.05) is 42.5 Å². The molecule has 1 aromatic heterocycles. The predicted octanol–water partition coefficient (Wildman–Crippen LogP) is 6.26. The summed E-state index contributed by atoms with van der Waals surface area (Å²) in [7, 11) is 0. The number of benzene rings is 2. The summed E-state index contributed by atoms with van der Waals surface area (Å²) in [4.78, 5) is 31.8. The van der Waals surface area contributed by atoms with Crippen LogP contribution in [0.4, 0.5) is 10.1 Å². The highest BCUT2D eigenvalue weighted by Crippen LogP contribution is 2.32. The van der Waals surface area contributed by atoms with E-state index >= 15 is 0 Å². The van der Waals surface area contributed by atoms with Gasteiger partial charge in [-0.3, -0.25) is 9.59 Å². The van der Waals surface area contributed by atoms with Crippen LogP contribution in [-0.2, 0) is 4.79 Å². The number of allylic oxidation sites excluding steroid dienone is 2. The van der Waals surface area contributed by atoms with Crippen LogP contribution >= 0.6 is 11.3 Å². The molecule has 0 aliphatic carbocycles. The summed E-state index contributed by atoms with van der Waals surface area (Å²) in [6, 6.07) is 13.6. The molecule has 7 heteroatoms. The van der Waals surface area contributed by atoms with Crippen LogP contribution in [0.3, 0.4) is 0 Å². The molecule has 3 aromatic rings. The third-order valence-electron chi connectivity index (χ3n) is 6.04. The Morgan fingerprint density at radius 2 is 1.88 bits per heavy atom. The third kappa shape index (κ3) is 5.78. The highest BCUT2D eigenvalue weighted by Gasteiger charge is 2.26. The van der Waals surface area contributed by atoms with Gasteiger partial charge in [-0.2, -0.15) is 0 Å². The minimum atomic E-state index is -0.302. The Morgan fingerprint density at radius 3 is 2.62 bits per heavy atom. The first-order valence-corrected chi connectivity index (χ1v) is 12.4. The number of amides is 2. The second-order valence-corrected chi connectivity index (χ2v) is 9.23. The van der Waals surface area contributed by atoms with Crippen molar-refractivity contribution in [3.63, 3.8) is 0 Å². The lowest BCUT2D eigenvalue weighted by molar-refractivity contribution is -0.132. The summed E-state index contributed by atoms with van der Waals surface area (Å²) >= 11 is 1.50. The number of nitrogens with zero attached hydrogens (tertiary/aromatic N) is 2. The summed E-state index contributed by atoms with van der Waals surface area (Å²) in [5.74, 6) is -0.106. The molecule has 2 amide bonds. The number of carbonyl (C=O) groups excluding carboxylic acids is 2. The van der Waals surface area contributed by atoms with Crippen LogP contribution in [0, 0.1) is 5.82 Å². The van der Waals surface area contributed by atoms with E-state index < -0.39 is 0 Å². The second kappa shape index (κ2) is 11.2. The zero-order valence-corrected chi connectivity index (χ0v) is 20.0. The normalized spacial score (nSPS) is 14.5. The van der Waals surface area contributed by atoms with Crippen molar-refractivity contribution >= 4 is 28.8 Å². The molecule has 5 nitrogen and oxygen atoms in total. The van der Waals surface area contributed by atoms with Crippen molar-refractivity contribution in [2.45, 2.75) is 38.5 Å². The Bertz CT molecular complexity index is 1160. The second-order valence-electron chi connectivity index (χ2n) is 8.34. The van der Waals surface area contributed by atoms with Gasteiger partial charge in [-0.05, 0) is 49.9 Å². The molecule has 176 valence electrons. The molecule has 2 heterocycles. The number of halogens is 1. The van der Waals surface area contributed by atoms with E-state index in [1.165, 1.54) is 23.5 Å². The fourth-order valence-corrected chi connectivity index (χ4v) is 5.12. The number of hydrogen-bond donors (Lipinski definition) is 1. The van der Waals surface area contributed by atoms with Gasteiger partial charge < -0.3 is 10.2 Å². The molecule has 1 fully saturated rings. The minimum Gasteiger partial charge on any atom is -0.343 e. The quantitative estimate of drug-likeness (QED) is 0.408. The van der Waals surface area contributed by atoms with Crippen molar-refractivity contribution in [3.8, 4) is 11.1 Å².